The maximum atomic E-state index is 8.73. The minimum Gasteiger partial charge on any atom is -0.490 e. The summed E-state index contributed by atoms with van der Waals surface area (Å²) in [7, 11) is 0. The van der Waals surface area contributed by atoms with Crippen molar-refractivity contribution in [3.8, 4) is 17.6 Å². The number of aliphatic hydroxyl groups excluding tert-OH is 1. The van der Waals surface area contributed by atoms with Gasteiger partial charge in [-0.15, -0.1) is 0 Å². The molecular weight excluding hydrogens is 248 g/mol. The Morgan fingerprint density at radius 3 is 2.80 bits per heavy atom. The van der Waals surface area contributed by atoms with E-state index in [0.717, 1.165) is 16.9 Å². The summed E-state index contributed by atoms with van der Waals surface area (Å²) in [4.78, 5) is 0. The molecule has 0 aliphatic heterocycles. The summed E-state index contributed by atoms with van der Waals surface area (Å²) in [5, 5.41) is 8.73. The van der Waals surface area contributed by atoms with E-state index in [-0.39, 0.29) is 6.61 Å². The van der Waals surface area contributed by atoms with Gasteiger partial charge in [-0.05, 0) is 62.3 Å². The van der Waals surface area contributed by atoms with Crippen molar-refractivity contribution in [2.75, 3.05) is 6.61 Å². The average Bonchev–Trinajstić information content (AvgIpc) is 2.48. The third-order valence-electron chi connectivity index (χ3n) is 4.13. The van der Waals surface area contributed by atoms with Gasteiger partial charge in [0, 0.05) is 5.56 Å². The smallest absolute Gasteiger partial charge is 0.122 e. The number of ether oxygens (including phenoxy) is 1. The van der Waals surface area contributed by atoms with E-state index in [1.807, 2.05) is 18.2 Å². The lowest BCUT2D eigenvalue weighted by Gasteiger charge is -2.31. The number of aliphatic hydroxyl groups is 1. The van der Waals surface area contributed by atoms with E-state index in [1.165, 1.54) is 32.1 Å². The number of aryl methyl sites for hydroxylation is 1. The summed E-state index contributed by atoms with van der Waals surface area (Å²) in [6.07, 6.45) is 6.64. The van der Waals surface area contributed by atoms with E-state index >= 15 is 0 Å². The second-order valence-electron chi connectivity index (χ2n) is 5.55. The fraction of sp³-hybridized carbons (Fsp3) is 0.556. The average molecular weight is 272 g/mol. The Balaban J connectivity index is 2.09. The van der Waals surface area contributed by atoms with E-state index in [9.17, 15) is 0 Å². The molecule has 1 aliphatic rings. The maximum absolute atomic E-state index is 8.73. The van der Waals surface area contributed by atoms with Gasteiger partial charge in [-0.2, -0.15) is 0 Å². The van der Waals surface area contributed by atoms with Crippen LogP contribution in [-0.2, 0) is 0 Å². The molecule has 0 amide bonds. The summed E-state index contributed by atoms with van der Waals surface area (Å²) in [5.74, 6) is 7.27. The summed E-state index contributed by atoms with van der Waals surface area (Å²) in [6, 6.07) is 6.01. The molecule has 0 heterocycles. The number of hydrogen-bond donors (Lipinski definition) is 1. The van der Waals surface area contributed by atoms with Crippen LogP contribution in [0.4, 0.5) is 0 Å². The van der Waals surface area contributed by atoms with Gasteiger partial charge in [0.05, 0.1) is 0 Å². The summed E-state index contributed by atoms with van der Waals surface area (Å²) in [6.45, 7) is 4.22. The van der Waals surface area contributed by atoms with Crippen molar-refractivity contribution in [2.24, 2.45) is 5.92 Å². The number of hydrogen-bond acceptors (Lipinski definition) is 2. The molecule has 0 radical (unpaired) electrons. The van der Waals surface area contributed by atoms with Gasteiger partial charge in [0.15, 0.2) is 0 Å². The fourth-order valence-corrected chi connectivity index (χ4v) is 2.96. The quantitative estimate of drug-likeness (QED) is 0.850. The monoisotopic (exact) mass is 272 g/mol. The van der Waals surface area contributed by atoms with Gasteiger partial charge in [0.25, 0.3) is 0 Å². The van der Waals surface area contributed by atoms with E-state index in [0.29, 0.717) is 12.0 Å². The van der Waals surface area contributed by atoms with E-state index < -0.39 is 0 Å². The molecule has 0 spiro atoms. The van der Waals surface area contributed by atoms with Gasteiger partial charge < -0.3 is 9.84 Å². The van der Waals surface area contributed by atoms with Crippen molar-refractivity contribution in [3.05, 3.63) is 29.3 Å². The molecule has 2 rings (SSSR count). The van der Waals surface area contributed by atoms with Crippen molar-refractivity contribution < 1.29 is 9.84 Å². The standard InChI is InChI=1S/C18H24O2/c1-3-16-8-4-5-9-18(16)20-17-11-10-15(7-6-12-19)13-14(17)2/h10-11,13,16,18-19H,3-5,8-9,12H2,1-2H3. The highest BCUT2D eigenvalue weighted by atomic mass is 16.5. The lowest BCUT2D eigenvalue weighted by molar-refractivity contribution is 0.0897. The van der Waals surface area contributed by atoms with Crippen LogP contribution in [-0.4, -0.2) is 17.8 Å². The van der Waals surface area contributed by atoms with Crippen LogP contribution in [0.15, 0.2) is 18.2 Å². The fourth-order valence-electron chi connectivity index (χ4n) is 2.96. The van der Waals surface area contributed by atoms with Crippen LogP contribution in [0.25, 0.3) is 0 Å². The van der Waals surface area contributed by atoms with E-state index in [2.05, 4.69) is 25.7 Å². The Hall–Kier alpha value is -1.46. The van der Waals surface area contributed by atoms with Gasteiger partial charge in [-0.1, -0.05) is 25.2 Å². The highest BCUT2D eigenvalue weighted by Crippen LogP contribution is 2.31. The van der Waals surface area contributed by atoms with Crippen molar-refractivity contribution in [1.29, 1.82) is 0 Å². The molecule has 1 saturated carbocycles. The van der Waals surface area contributed by atoms with Crippen LogP contribution in [0.1, 0.15) is 50.2 Å². The molecule has 2 atom stereocenters. The van der Waals surface area contributed by atoms with Crippen LogP contribution in [0.2, 0.25) is 0 Å². The highest BCUT2D eigenvalue weighted by Gasteiger charge is 2.25. The number of benzene rings is 1. The predicted octanol–water partition coefficient (Wildman–Crippen LogP) is 3.69. The molecule has 0 saturated heterocycles. The van der Waals surface area contributed by atoms with Gasteiger partial charge in [0.1, 0.15) is 18.5 Å². The highest BCUT2D eigenvalue weighted by molar-refractivity contribution is 5.43. The predicted molar refractivity (Wildman–Crippen MR) is 81.8 cm³/mol. The largest absolute Gasteiger partial charge is 0.490 e. The molecule has 0 bridgehead atoms. The molecule has 2 nitrogen and oxygen atoms in total. The Morgan fingerprint density at radius 1 is 1.30 bits per heavy atom. The molecule has 2 unspecified atom stereocenters. The van der Waals surface area contributed by atoms with Crippen molar-refractivity contribution >= 4 is 0 Å². The topological polar surface area (TPSA) is 29.5 Å². The summed E-state index contributed by atoms with van der Waals surface area (Å²) < 4.78 is 6.25. The zero-order valence-corrected chi connectivity index (χ0v) is 12.5. The first-order valence-corrected chi connectivity index (χ1v) is 7.61. The lowest BCUT2D eigenvalue weighted by Crippen LogP contribution is -2.30. The molecule has 0 aromatic heterocycles. The second kappa shape index (κ2) is 7.36. The van der Waals surface area contributed by atoms with Gasteiger partial charge in [-0.25, -0.2) is 0 Å². The van der Waals surface area contributed by atoms with Crippen LogP contribution in [0.3, 0.4) is 0 Å². The first-order chi connectivity index (χ1) is 9.74. The molecule has 1 N–H and O–H groups in total. The van der Waals surface area contributed by atoms with Crippen LogP contribution >= 0.6 is 0 Å². The molecule has 2 heteroatoms. The Bertz CT molecular complexity index is 496. The zero-order valence-electron chi connectivity index (χ0n) is 12.5. The lowest BCUT2D eigenvalue weighted by atomic mass is 9.84. The molecule has 1 aromatic carbocycles. The van der Waals surface area contributed by atoms with Gasteiger partial charge in [-0.3, -0.25) is 0 Å². The summed E-state index contributed by atoms with van der Waals surface area (Å²) in [5.41, 5.74) is 2.05. The van der Waals surface area contributed by atoms with Gasteiger partial charge >= 0.3 is 0 Å². The van der Waals surface area contributed by atoms with Gasteiger partial charge in [0.2, 0.25) is 0 Å². The third-order valence-corrected chi connectivity index (χ3v) is 4.13. The van der Waals surface area contributed by atoms with Crippen molar-refractivity contribution in [3.63, 3.8) is 0 Å². The molecule has 1 aromatic rings. The molecule has 1 aliphatic carbocycles. The normalized spacial score (nSPS) is 21.9. The molecular formula is C18H24O2. The Morgan fingerprint density at radius 2 is 2.10 bits per heavy atom. The number of rotatable bonds is 3. The Kier molecular flexibility index (Phi) is 5.49. The first kappa shape index (κ1) is 14.9. The Labute approximate surface area is 122 Å². The SMILES string of the molecule is CCC1CCCCC1Oc1ccc(C#CCO)cc1C. The van der Waals surface area contributed by atoms with E-state index in [1.54, 1.807) is 0 Å². The zero-order chi connectivity index (χ0) is 14.4. The first-order valence-electron chi connectivity index (χ1n) is 7.61. The van der Waals surface area contributed by atoms with Crippen molar-refractivity contribution in [2.45, 2.75) is 52.1 Å². The summed E-state index contributed by atoms with van der Waals surface area (Å²) >= 11 is 0. The molecule has 108 valence electrons. The van der Waals surface area contributed by atoms with Crippen molar-refractivity contribution in [1.82, 2.24) is 0 Å². The van der Waals surface area contributed by atoms with E-state index in [4.69, 9.17) is 9.84 Å². The third kappa shape index (κ3) is 3.77. The van der Waals surface area contributed by atoms with Crippen LogP contribution < -0.4 is 4.74 Å². The minimum absolute atomic E-state index is 0.0996. The maximum Gasteiger partial charge on any atom is 0.122 e. The second-order valence-corrected chi connectivity index (χ2v) is 5.55. The molecule has 20 heavy (non-hydrogen) atoms. The van der Waals surface area contributed by atoms with Crippen LogP contribution in [0.5, 0.6) is 5.75 Å². The van der Waals surface area contributed by atoms with Crippen LogP contribution in [0, 0.1) is 24.7 Å². The minimum atomic E-state index is -0.0996. The molecule has 1 fully saturated rings.